The molecule has 0 saturated heterocycles. The lowest BCUT2D eigenvalue weighted by atomic mass is 10.2. The van der Waals surface area contributed by atoms with Crippen LogP contribution >= 0.6 is 0 Å². The number of nitrogens with one attached hydrogen (secondary N) is 1. The van der Waals surface area contributed by atoms with Crippen molar-refractivity contribution >= 4 is 11.8 Å². The molecular weight excluding hydrogens is 377 g/mol. The molecule has 1 heterocycles. The Kier molecular flexibility index (Phi) is 5.48. The van der Waals surface area contributed by atoms with Crippen molar-refractivity contribution in [3.8, 4) is 22.8 Å². The van der Waals surface area contributed by atoms with E-state index < -0.39 is 12.5 Å². The normalized spacial score (nSPS) is 11.1. The highest BCUT2D eigenvalue weighted by molar-refractivity contribution is 5.84. The third kappa shape index (κ3) is 5.00. The quantitative estimate of drug-likeness (QED) is 0.696. The highest BCUT2D eigenvalue weighted by Gasteiger charge is 2.30. The molecule has 1 amide bonds. The van der Waals surface area contributed by atoms with Crippen LogP contribution in [0.1, 0.15) is 6.92 Å². The molecule has 0 aliphatic carbocycles. The van der Waals surface area contributed by atoms with Gasteiger partial charge in [0, 0.05) is 11.3 Å². The number of benzene rings is 2. The van der Waals surface area contributed by atoms with Crippen LogP contribution < -0.4 is 10.1 Å². The van der Waals surface area contributed by atoms with Gasteiger partial charge in [0.1, 0.15) is 12.1 Å². The Bertz CT molecular complexity index is 938. The number of nitrogens with zero attached hydrogens (tertiary/aromatic N) is 3. The Balaban J connectivity index is 1.70. The molecule has 28 heavy (non-hydrogen) atoms. The standard InChI is InChI=1S/C18H15F3N4O3/c1-2-27-17(26)23-13-5-3-12(4-6-13)16-22-11-25(24-16)14-7-9-15(10-8-14)28-18(19,20)21/h3-11H,2H2,1H3,(H,23,26). The first-order valence-corrected chi connectivity index (χ1v) is 8.16. The van der Waals surface area contributed by atoms with Crippen LogP contribution in [0.15, 0.2) is 54.9 Å². The van der Waals surface area contributed by atoms with E-state index in [9.17, 15) is 18.0 Å². The Labute approximate surface area is 157 Å². The average Bonchev–Trinajstić information content (AvgIpc) is 3.12. The number of carbonyl (C=O) groups excluding carboxylic acids is 1. The second kappa shape index (κ2) is 7.99. The van der Waals surface area contributed by atoms with E-state index in [1.165, 1.54) is 35.3 Å². The molecule has 0 aliphatic heterocycles. The van der Waals surface area contributed by atoms with Crippen LogP contribution in [0.5, 0.6) is 5.75 Å². The Morgan fingerprint density at radius 3 is 2.39 bits per heavy atom. The number of amides is 1. The summed E-state index contributed by atoms with van der Waals surface area (Å²) in [5.41, 5.74) is 1.78. The molecule has 1 aromatic heterocycles. The van der Waals surface area contributed by atoms with Crippen LogP contribution in [0.2, 0.25) is 0 Å². The molecular formula is C18H15F3N4O3. The van der Waals surface area contributed by atoms with Gasteiger partial charge >= 0.3 is 12.5 Å². The van der Waals surface area contributed by atoms with Gasteiger partial charge in [-0.3, -0.25) is 5.32 Å². The van der Waals surface area contributed by atoms with E-state index in [1.54, 1.807) is 31.2 Å². The third-order valence-corrected chi connectivity index (χ3v) is 3.49. The van der Waals surface area contributed by atoms with E-state index in [0.717, 1.165) is 0 Å². The maximum atomic E-state index is 12.2. The first kappa shape index (κ1) is 19.2. The first-order chi connectivity index (χ1) is 13.3. The molecule has 146 valence electrons. The largest absolute Gasteiger partial charge is 0.573 e. The number of carbonyl (C=O) groups is 1. The molecule has 0 unspecified atom stereocenters. The van der Waals surface area contributed by atoms with Crippen molar-refractivity contribution < 1.29 is 27.4 Å². The lowest BCUT2D eigenvalue weighted by Crippen LogP contribution is -2.17. The van der Waals surface area contributed by atoms with Crippen molar-refractivity contribution in [3.63, 3.8) is 0 Å². The van der Waals surface area contributed by atoms with Crippen molar-refractivity contribution in [2.45, 2.75) is 13.3 Å². The van der Waals surface area contributed by atoms with Gasteiger partial charge in [-0.2, -0.15) is 0 Å². The number of halogens is 3. The van der Waals surface area contributed by atoms with Gasteiger partial charge in [0.2, 0.25) is 0 Å². The van der Waals surface area contributed by atoms with Crippen molar-refractivity contribution in [2.75, 3.05) is 11.9 Å². The Morgan fingerprint density at radius 1 is 1.11 bits per heavy atom. The molecule has 0 saturated carbocycles. The van der Waals surface area contributed by atoms with Crippen molar-refractivity contribution in [1.82, 2.24) is 14.8 Å². The second-order valence-corrected chi connectivity index (χ2v) is 5.48. The number of alkyl halides is 3. The summed E-state index contributed by atoms with van der Waals surface area (Å²) in [4.78, 5) is 15.6. The van der Waals surface area contributed by atoms with Gasteiger partial charge in [0.25, 0.3) is 0 Å². The molecule has 3 aromatic rings. The summed E-state index contributed by atoms with van der Waals surface area (Å²) in [6.45, 7) is 1.98. The molecule has 2 aromatic carbocycles. The highest BCUT2D eigenvalue weighted by atomic mass is 19.4. The topological polar surface area (TPSA) is 78.3 Å². The molecule has 3 rings (SSSR count). The number of anilines is 1. The fourth-order valence-electron chi connectivity index (χ4n) is 2.31. The maximum Gasteiger partial charge on any atom is 0.573 e. The summed E-state index contributed by atoms with van der Waals surface area (Å²) in [7, 11) is 0. The van der Waals surface area contributed by atoms with E-state index in [-0.39, 0.29) is 12.4 Å². The maximum absolute atomic E-state index is 12.2. The van der Waals surface area contributed by atoms with Crippen molar-refractivity contribution in [1.29, 1.82) is 0 Å². The minimum Gasteiger partial charge on any atom is -0.450 e. The van der Waals surface area contributed by atoms with Crippen molar-refractivity contribution in [3.05, 3.63) is 54.9 Å². The predicted molar refractivity (Wildman–Crippen MR) is 94.1 cm³/mol. The average molecular weight is 392 g/mol. The molecule has 0 aliphatic rings. The fraction of sp³-hybridized carbons (Fsp3) is 0.167. The number of rotatable bonds is 5. The summed E-state index contributed by atoms with van der Waals surface area (Å²) in [5.74, 6) is 0.0968. The summed E-state index contributed by atoms with van der Waals surface area (Å²) in [6, 6.07) is 12.1. The van der Waals surface area contributed by atoms with Crippen LogP contribution in [0.4, 0.5) is 23.7 Å². The van der Waals surface area contributed by atoms with Gasteiger partial charge < -0.3 is 9.47 Å². The Hall–Kier alpha value is -3.56. The number of hydrogen-bond donors (Lipinski definition) is 1. The van der Waals surface area contributed by atoms with Gasteiger partial charge in [-0.15, -0.1) is 18.3 Å². The second-order valence-electron chi connectivity index (χ2n) is 5.48. The predicted octanol–water partition coefficient (Wildman–Crippen LogP) is 4.40. The number of ether oxygens (including phenoxy) is 2. The fourth-order valence-corrected chi connectivity index (χ4v) is 2.31. The van der Waals surface area contributed by atoms with Gasteiger partial charge in [-0.05, 0) is 55.5 Å². The molecule has 0 spiro atoms. The minimum absolute atomic E-state index is 0.272. The zero-order valence-electron chi connectivity index (χ0n) is 14.6. The molecule has 1 N–H and O–H groups in total. The summed E-state index contributed by atoms with van der Waals surface area (Å²) < 4.78 is 46.7. The van der Waals surface area contributed by atoms with Crippen LogP contribution in [0.3, 0.4) is 0 Å². The van der Waals surface area contributed by atoms with Gasteiger partial charge in [-0.1, -0.05) is 0 Å². The lowest BCUT2D eigenvalue weighted by molar-refractivity contribution is -0.274. The Morgan fingerprint density at radius 2 is 1.79 bits per heavy atom. The SMILES string of the molecule is CCOC(=O)Nc1ccc(-c2ncn(-c3ccc(OC(F)(F)F)cc3)n2)cc1. The highest BCUT2D eigenvalue weighted by Crippen LogP contribution is 2.24. The third-order valence-electron chi connectivity index (χ3n) is 3.49. The minimum atomic E-state index is -4.74. The molecule has 0 bridgehead atoms. The molecule has 0 atom stereocenters. The molecule has 0 radical (unpaired) electrons. The smallest absolute Gasteiger partial charge is 0.450 e. The van der Waals surface area contributed by atoms with E-state index in [4.69, 9.17) is 4.74 Å². The molecule has 10 heteroatoms. The van der Waals surface area contributed by atoms with Crippen LogP contribution in [-0.2, 0) is 4.74 Å². The van der Waals surface area contributed by atoms with Gasteiger partial charge in [0.15, 0.2) is 5.82 Å². The van der Waals surface area contributed by atoms with E-state index >= 15 is 0 Å². The van der Waals surface area contributed by atoms with E-state index in [2.05, 4.69) is 20.1 Å². The zero-order chi connectivity index (χ0) is 20.1. The summed E-state index contributed by atoms with van der Waals surface area (Å²) >= 11 is 0. The number of aromatic nitrogens is 3. The van der Waals surface area contributed by atoms with Crippen LogP contribution in [0, 0.1) is 0 Å². The zero-order valence-corrected chi connectivity index (χ0v) is 14.6. The van der Waals surface area contributed by atoms with Gasteiger partial charge in [-0.25, -0.2) is 14.5 Å². The van der Waals surface area contributed by atoms with Gasteiger partial charge in [0.05, 0.1) is 12.3 Å². The molecule has 0 fully saturated rings. The van der Waals surface area contributed by atoms with E-state index in [0.29, 0.717) is 22.8 Å². The summed E-state index contributed by atoms with van der Waals surface area (Å²) in [6.07, 6.45) is -3.84. The first-order valence-electron chi connectivity index (χ1n) is 8.16. The van der Waals surface area contributed by atoms with Crippen molar-refractivity contribution in [2.24, 2.45) is 0 Å². The van der Waals surface area contributed by atoms with Crippen LogP contribution in [0.25, 0.3) is 17.1 Å². The number of hydrogen-bond acceptors (Lipinski definition) is 5. The van der Waals surface area contributed by atoms with Crippen LogP contribution in [-0.4, -0.2) is 33.8 Å². The van der Waals surface area contributed by atoms with E-state index in [1.807, 2.05) is 0 Å². The molecule has 7 nitrogen and oxygen atoms in total. The monoisotopic (exact) mass is 392 g/mol. The summed E-state index contributed by atoms with van der Waals surface area (Å²) in [5, 5.41) is 6.88. The lowest BCUT2D eigenvalue weighted by Gasteiger charge is -2.09.